The molecule has 0 saturated heterocycles. The third kappa shape index (κ3) is 2.36. The number of rotatable bonds is 2. The van der Waals surface area contributed by atoms with Gasteiger partial charge in [0.1, 0.15) is 5.75 Å². The number of carbonyl (C=O) groups excluding carboxylic acids is 1. The van der Waals surface area contributed by atoms with Crippen LogP contribution in [-0.4, -0.2) is 10.9 Å². The Hall–Kier alpha value is -1.31. The van der Waals surface area contributed by atoms with Gasteiger partial charge in [-0.3, -0.25) is 4.79 Å². The van der Waals surface area contributed by atoms with Crippen LogP contribution >= 0.6 is 0 Å². The lowest BCUT2D eigenvalue weighted by Gasteiger charge is -2.22. The SMILES string of the molecule is Cc1cc(O)c(C(C)(C)C)cc1C(=O)C1CC1. The van der Waals surface area contributed by atoms with Crippen molar-refractivity contribution >= 4 is 5.78 Å². The Morgan fingerprint density at radius 2 is 1.88 bits per heavy atom. The predicted molar refractivity (Wildman–Crippen MR) is 68.6 cm³/mol. The molecule has 0 bridgehead atoms. The van der Waals surface area contributed by atoms with Crippen LogP contribution in [0.5, 0.6) is 5.75 Å². The summed E-state index contributed by atoms with van der Waals surface area (Å²) < 4.78 is 0. The Morgan fingerprint density at radius 1 is 1.29 bits per heavy atom. The third-order valence-electron chi connectivity index (χ3n) is 3.36. The highest BCUT2D eigenvalue weighted by Gasteiger charge is 2.32. The average molecular weight is 232 g/mol. The summed E-state index contributed by atoms with van der Waals surface area (Å²) in [5.74, 6) is 0.765. The summed E-state index contributed by atoms with van der Waals surface area (Å²) in [7, 11) is 0. The van der Waals surface area contributed by atoms with Crippen LogP contribution in [0.2, 0.25) is 0 Å². The smallest absolute Gasteiger partial charge is 0.166 e. The van der Waals surface area contributed by atoms with Gasteiger partial charge in [0.2, 0.25) is 0 Å². The van der Waals surface area contributed by atoms with E-state index in [1.165, 1.54) is 0 Å². The molecule has 1 aliphatic rings. The zero-order chi connectivity index (χ0) is 12.8. The number of ketones is 1. The number of phenols is 1. The van der Waals surface area contributed by atoms with Gasteiger partial charge in [0.05, 0.1) is 0 Å². The van der Waals surface area contributed by atoms with E-state index in [9.17, 15) is 9.90 Å². The average Bonchev–Trinajstić information content (AvgIpc) is 2.97. The summed E-state index contributed by atoms with van der Waals surface area (Å²) >= 11 is 0. The Morgan fingerprint density at radius 3 is 2.35 bits per heavy atom. The molecular weight excluding hydrogens is 212 g/mol. The van der Waals surface area contributed by atoms with Crippen molar-refractivity contribution in [1.82, 2.24) is 0 Å². The van der Waals surface area contributed by atoms with Crippen molar-refractivity contribution in [1.29, 1.82) is 0 Å². The maximum atomic E-state index is 12.1. The highest BCUT2D eigenvalue weighted by molar-refractivity contribution is 6.00. The van der Waals surface area contributed by atoms with E-state index in [4.69, 9.17) is 0 Å². The first kappa shape index (κ1) is 12.2. The van der Waals surface area contributed by atoms with Crippen LogP contribution in [-0.2, 0) is 5.41 Å². The fourth-order valence-corrected chi connectivity index (χ4v) is 2.12. The number of hydrogen-bond acceptors (Lipinski definition) is 2. The molecule has 0 heterocycles. The summed E-state index contributed by atoms with van der Waals surface area (Å²) in [6, 6.07) is 3.60. The van der Waals surface area contributed by atoms with Crippen LogP contribution in [0.15, 0.2) is 12.1 Å². The molecule has 0 amide bonds. The first-order valence-electron chi connectivity index (χ1n) is 6.19. The standard InChI is InChI=1S/C15H20O2/c1-9-7-13(16)12(15(2,3)4)8-11(9)14(17)10-5-6-10/h7-8,10,16H,5-6H2,1-4H3. The minimum absolute atomic E-state index is 0.142. The van der Waals surface area contributed by atoms with Gasteiger partial charge in [0, 0.05) is 11.5 Å². The van der Waals surface area contributed by atoms with E-state index >= 15 is 0 Å². The first-order valence-corrected chi connectivity index (χ1v) is 6.19. The quantitative estimate of drug-likeness (QED) is 0.791. The van der Waals surface area contributed by atoms with Gasteiger partial charge >= 0.3 is 0 Å². The lowest BCUT2D eigenvalue weighted by Crippen LogP contribution is -2.14. The molecule has 1 aromatic rings. The second-order valence-corrected chi connectivity index (χ2v) is 6.07. The molecule has 92 valence electrons. The van der Waals surface area contributed by atoms with Crippen LogP contribution in [0.3, 0.4) is 0 Å². The Labute approximate surface area is 103 Å². The van der Waals surface area contributed by atoms with E-state index in [0.29, 0.717) is 5.75 Å². The van der Waals surface area contributed by atoms with Gasteiger partial charge < -0.3 is 5.11 Å². The van der Waals surface area contributed by atoms with Crippen molar-refractivity contribution < 1.29 is 9.90 Å². The maximum Gasteiger partial charge on any atom is 0.166 e. The molecular formula is C15H20O2. The van der Waals surface area contributed by atoms with Crippen LogP contribution in [0.4, 0.5) is 0 Å². The number of aromatic hydroxyl groups is 1. The summed E-state index contributed by atoms with van der Waals surface area (Å²) in [5.41, 5.74) is 2.38. The van der Waals surface area contributed by atoms with Crippen LogP contribution in [0.1, 0.15) is 55.1 Å². The Balaban J connectivity index is 2.49. The molecule has 2 heteroatoms. The highest BCUT2D eigenvalue weighted by atomic mass is 16.3. The van der Waals surface area contributed by atoms with Gasteiger partial charge in [-0.25, -0.2) is 0 Å². The van der Waals surface area contributed by atoms with Crippen molar-refractivity contribution in [3.8, 4) is 5.75 Å². The predicted octanol–water partition coefficient (Wildman–Crippen LogP) is 3.59. The molecule has 0 unspecified atom stereocenters. The highest BCUT2D eigenvalue weighted by Crippen LogP contribution is 2.37. The zero-order valence-electron chi connectivity index (χ0n) is 11.0. The molecule has 2 nitrogen and oxygen atoms in total. The summed E-state index contributed by atoms with van der Waals surface area (Å²) in [5, 5.41) is 9.98. The number of Topliss-reactive ketones (excluding diaryl/α,β-unsaturated/α-hetero) is 1. The van der Waals surface area contributed by atoms with Gasteiger partial charge in [-0.2, -0.15) is 0 Å². The van der Waals surface area contributed by atoms with E-state index in [2.05, 4.69) is 0 Å². The van der Waals surface area contributed by atoms with E-state index in [1.54, 1.807) is 6.07 Å². The fourth-order valence-electron chi connectivity index (χ4n) is 2.12. The van der Waals surface area contributed by atoms with E-state index in [0.717, 1.165) is 29.5 Å². The van der Waals surface area contributed by atoms with Gasteiger partial charge in [0.15, 0.2) is 5.78 Å². The Bertz CT molecular complexity index is 463. The van der Waals surface area contributed by atoms with E-state index < -0.39 is 0 Å². The van der Waals surface area contributed by atoms with Gasteiger partial charge in [-0.15, -0.1) is 0 Å². The summed E-state index contributed by atoms with van der Waals surface area (Å²) in [6.07, 6.45) is 2.04. The summed E-state index contributed by atoms with van der Waals surface area (Å²) in [4.78, 5) is 12.1. The molecule has 0 atom stereocenters. The number of hydrogen-bond donors (Lipinski definition) is 1. The number of phenolic OH excluding ortho intramolecular Hbond substituents is 1. The molecule has 1 N–H and O–H groups in total. The molecule has 0 aromatic heterocycles. The number of benzene rings is 1. The van der Waals surface area contributed by atoms with E-state index in [1.807, 2.05) is 33.8 Å². The van der Waals surface area contributed by atoms with Crippen LogP contribution < -0.4 is 0 Å². The van der Waals surface area contributed by atoms with Crippen LogP contribution in [0.25, 0.3) is 0 Å². The number of carbonyl (C=O) groups is 1. The lowest BCUT2D eigenvalue weighted by molar-refractivity contribution is 0.0967. The minimum atomic E-state index is -0.142. The first-order chi connectivity index (χ1) is 7.80. The van der Waals surface area contributed by atoms with Crippen molar-refractivity contribution in [2.45, 2.75) is 46.0 Å². The van der Waals surface area contributed by atoms with Gasteiger partial charge in [0.25, 0.3) is 0 Å². The molecule has 0 radical (unpaired) electrons. The zero-order valence-corrected chi connectivity index (χ0v) is 11.0. The fraction of sp³-hybridized carbons (Fsp3) is 0.533. The van der Waals surface area contributed by atoms with E-state index in [-0.39, 0.29) is 17.1 Å². The molecule has 1 aromatic carbocycles. The van der Waals surface area contributed by atoms with Gasteiger partial charge in [-0.1, -0.05) is 20.8 Å². The van der Waals surface area contributed by atoms with Crippen molar-refractivity contribution in [3.63, 3.8) is 0 Å². The second-order valence-electron chi connectivity index (χ2n) is 6.07. The number of aryl methyl sites for hydroxylation is 1. The minimum Gasteiger partial charge on any atom is -0.508 e. The normalized spacial score (nSPS) is 16.0. The van der Waals surface area contributed by atoms with Crippen molar-refractivity contribution in [2.24, 2.45) is 5.92 Å². The third-order valence-corrected chi connectivity index (χ3v) is 3.36. The molecule has 1 saturated carbocycles. The molecule has 17 heavy (non-hydrogen) atoms. The maximum absolute atomic E-state index is 12.1. The molecule has 0 aliphatic heterocycles. The van der Waals surface area contributed by atoms with Crippen LogP contribution in [0, 0.1) is 12.8 Å². The largest absolute Gasteiger partial charge is 0.508 e. The second kappa shape index (κ2) is 3.86. The summed E-state index contributed by atoms with van der Waals surface area (Å²) in [6.45, 7) is 8.02. The molecule has 2 rings (SSSR count). The lowest BCUT2D eigenvalue weighted by atomic mass is 9.83. The molecule has 1 fully saturated rings. The van der Waals surface area contributed by atoms with Crippen molar-refractivity contribution in [3.05, 3.63) is 28.8 Å². The molecule has 0 spiro atoms. The monoisotopic (exact) mass is 232 g/mol. The topological polar surface area (TPSA) is 37.3 Å². The van der Waals surface area contributed by atoms with Crippen molar-refractivity contribution in [2.75, 3.05) is 0 Å². The molecule has 1 aliphatic carbocycles. The Kier molecular flexibility index (Phi) is 2.76. The van der Waals surface area contributed by atoms with Gasteiger partial charge in [-0.05, 0) is 48.4 Å².